The summed E-state index contributed by atoms with van der Waals surface area (Å²) in [5.74, 6) is 2.20. The Balaban J connectivity index is 1.45. The van der Waals surface area contributed by atoms with Crippen molar-refractivity contribution in [3.63, 3.8) is 0 Å². The molecule has 0 atom stereocenters. The molecule has 4 aromatic rings. The largest absolute Gasteiger partial charge is 0.355 e. The third kappa shape index (κ3) is 2.59. The van der Waals surface area contributed by atoms with Crippen molar-refractivity contribution in [3.8, 4) is 6.07 Å². The smallest absolute Gasteiger partial charge is 0.160 e. The highest BCUT2D eigenvalue weighted by molar-refractivity contribution is 5.87. The summed E-state index contributed by atoms with van der Waals surface area (Å²) >= 11 is 0. The van der Waals surface area contributed by atoms with Crippen LogP contribution in [0.5, 0.6) is 0 Å². The lowest BCUT2D eigenvalue weighted by molar-refractivity contribution is 0.480. The maximum absolute atomic E-state index is 9.77. The molecular formula is C22H20N6. The number of para-hydroxylation sites is 1. The number of nitrogens with zero attached hydrogens (tertiary/aromatic N) is 6. The van der Waals surface area contributed by atoms with Gasteiger partial charge in [0.1, 0.15) is 17.7 Å². The van der Waals surface area contributed by atoms with Crippen molar-refractivity contribution in [3.05, 3.63) is 65.6 Å². The highest BCUT2D eigenvalue weighted by atomic mass is 15.3. The van der Waals surface area contributed by atoms with Gasteiger partial charge in [0.15, 0.2) is 5.65 Å². The molecule has 138 valence electrons. The Morgan fingerprint density at radius 3 is 2.64 bits per heavy atom. The van der Waals surface area contributed by atoms with E-state index in [0.717, 1.165) is 59.7 Å². The minimum Gasteiger partial charge on any atom is -0.355 e. The van der Waals surface area contributed by atoms with Crippen LogP contribution in [0.2, 0.25) is 0 Å². The van der Waals surface area contributed by atoms with Crippen molar-refractivity contribution >= 4 is 22.4 Å². The van der Waals surface area contributed by atoms with Crippen molar-refractivity contribution in [2.24, 2.45) is 0 Å². The Morgan fingerprint density at radius 1 is 1.04 bits per heavy atom. The third-order valence-corrected chi connectivity index (χ3v) is 5.74. The van der Waals surface area contributed by atoms with Gasteiger partial charge < -0.3 is 4.90 Å². The van der Waals surface area contributed by atoms with Crippen LogP contribution >= 0.6 is 0 Å². The first-order valence-electron chi connectivity index (χ1n) is 9.60. The second kappa shape index (κ2) is 6.61. The molecule has 1 aliphatic rings. The Labute approximate surface area is 163 Å². The topological polar surface area (TPSA) is 70.1 Å². The van der Waals surface area contributed by atoms with Crippen LogP contribution in [0, 0.1) is 18.3 Å². The Kier molecular flexibility index (Phi) is 3.94. The van der Waals surface area contributed by atoms with Crippen LogP contribution in [0.1, 0.15) is 35.7 Å². The number of hydrogen-bond acceptors (Lipinski definition) is 5. The van der Waals surface area contributed by atoms with Crippen LogP contribution in [0.25, 0.3) is 16.6 Å². The lowest BCUT2D eigenvalue weighted by Gasteiger charge is -2.33. The number of hydrogen-bond donors (Lipinski definition) is 0. The first kappa shape index (κ1) is 16.7. The van der Waals surface area contributed by atoms with E-state index in [0.29, 0.717) is 11.5 Å². The summed E-state index contributed by atoms with van der Waals surface area (Å²) in [6, 6.07) is 16.4. The standard InChI is InChI=1S/C22H20N6/c1-15-17-6-2-3-7-19(17)24-22(18(15)14-23)27-12-9-16(10-13-27)21-26-25-20-8-4-5-11-28(20)21/h2-8,11,16H,9-10,12-13H2,1H3. The van der Waals surface area contributed by atoms with E-state index >= 15 is 0 Å². The number of pyridine rings is 2. The maximum atomic E-state index is 9.77. The second-order valence-corrected chi connectivity index (χ2v) is 7.31. The van der Waals surface area contributed by atoms with Crippen molar-refractivity contribution in [2.45, 2.75) is 25.7 Å². The fraction of sp³-hybridized carbons (Fsp3) is 0.273. The molecule has 0 spiro atoms. The second-order valence-electron chi connectivity index (χ2n) is 7.31. The van der Waals surface area contributed by atoms with Crippen molar-refractivity contribution in [1.29, 1.82) is 5.26 Å². The summed E-state index contributed by atoms with van der Waals surface area (Å²) in [6.45, 7) is 3.72. The minimum atomic E-state index is 0.362. The average molecular weight is 368 g/mol. The van der Waals surface area contributed by atoms with Crippen LogP contribution in [-0.2, 0) is 0 Å². The molecule has 1 fully saturated rings. The van der Waals surface area contributed by atoms with Gasteiger partial charge in [0.05, 0.1) is 11.1 Å². The first-order valence-corrected chi connectivity index (χ1v) is 9.60. The zero-order chi connectivity index (χ0) is 19.1. The summed E-state index contributed by atoms with van der Waals surface area (Å²) in [7, 11) is 0. The van der Waals surface area contributed by atoms with Crippen molar-refractivity contribution in [1.82, 2.24) is 19.6 Å². The summed E-state index contributed by atoms with van der Waals surface area (Å²) in [4.78, 5) is 7.09. The van der Waals surface area contributed by atoms with Crippen molar-refractivity contribution in [2.75, 3.05) is 18.0 Å². The van der Waals surface area contributed by atoms with Crippen LogP contribution in [0.15, 0.2) is 48.7 Å². The highest BCUT2D eigenvalue weighted by Gasteiger charge is 2.27. The lowest BCUT2D eigenvalue weighted by Crippen LogP contribution is -2.34. The predicted molar refractivity (Wildman–Crippen MR) is 108 cm³/mol. The van der Waals surface area contributed by atoms with E-state index in [2.05, 4.69) is 25.6 Å². The molecule has 4 heterocycles. The molecule has 6 nitrogen and oxygen atoms in total. The van der Waals surface area contributed by atoms with Gasteiger partial charge in [-0.15, -0.1) is 10.2 Å². The molecule has 0 unspecified atom stereocenters. The molecule has 6 heteroatoms. The van der Waals surface area contributed by atoms with Gasteiger partial charge >= 0.3 is 0 Å². The third-order valence-electron chi connectivity index (χ3n) is 5.74. The molecule has 0 saturated carbocycles. The zero-order valence-electron chi connectivity index (χ0n) is 15.7. The fourth-order valence-electron chi connectivity index (χ4n) is 4.21. The van der Waals surface area contributed by atoms with Crippen LogP contribution in [-0.4, -0.2) is 32.7 Å². The predicted octanol–water partition coefficient (Wildman–Crippen LogP) is 3.84. The number of fused-ring (bicyclic) bond motifs is 2. The summed E-state index contributed by atoms with van der Waals surface area (Å²) < 4.78 is 2.08. The molecule has 0 radical (unpaired) electrons. The monoisotopic (exact) mass is 368 g/mol. The zero-order valence-corrected chi connectivity index (χ0v) is 15.7. The molecule has 1 saturated heterocycles. The molecule has 3 aromatic heterocycles. The first-order chi connectivity index (χ1) is 13.8. The number of aryl methyl sites for hydroxylation is 1. The number of rotatable bonds is 2. The van der Waals surface area contributed by atoms with Crippen LogP contribution in [0.3, 0.4) is 0 Å². The quantitative estimate of drug-likeness (QED) is 0.538. The molecule has 28 heavy (non-hydrogen) atoms. The molecule has 0 N–H and O–H groups in total. The van der Waals surface area contributed by atoms with E-state index in [4.69, 9.17) is 4.98 Å². The Bertz CT molecular complexity index is 1210. The van der Waals surface area contributed by atoms with Gasteiger partial charge in [-0.1, -0.05) is 24.3 Å². The van der Waals surface area contributed by atoms with Gasteiger partial charge in [0.25, 0.3) is 0 Å². The molecule has 1 aliphatic heterocycles. The number of benzene rings is 1. The SMILES string of the molecule is Cc1c(C#N)c(N2CCC(c3nnc4ccccn34)CC2)nc2ccccc12. The Hall–Kier alpha value is -3.46. The van der Waals surface area contributed by atoms with E-state index in [1.807, 2.05) is 55.6 Å². The van der Waals surface area contributed by atoms with Crippen LogP contribution in [0.4, 0.5) is 5.82 Å². The van der Waals surface area contributed by atoms with Gasteiger partial charge in [0.2, 0.25) is 0 Å². The normalized spacial score (nSPS) is 15.2. The summed E-state index contributed by atoms with van der Waals surface area (Å²) in [6.07, 6.45) is 3.96. The van der Waals surface area contributed by atoms with E-state index in [9.17, 15) is 5.26 Å². The van der Waals surface area contributed by atoms with Crippen LogP contribution < -0.4 is 4.90 Å². The minimum absolute atomic E-state index is 0.362. The maximum Gasteiger partial charge on any atom is 0.160 e. The van der Waals surface area contributed by atoms with E-state index in [1.165, 1.54) is 0 Å². The van der Waals surface area contributed by atoms with E-state index in [-0.39, 0.29) is 0 Å². The lowest BCUT2D eigenvalue weighted by atomic mass is 9.95. The molecular weight excluding hydrogens is 348 g/mol. The van der Waals surface area contributed by atoms with Gasteiger partial charge in [0, 0.05) is 30.6 Å². The Morgan fingerprint density at radius 2 is 1.82 bits per heavy atom. The van der Waals surface area contributed by atoms with Gasteiger partial charge in [-0.25, -0.2) is 4.98 Å². The van der Waals surface area contributed by atoms with Crippen molar-refractivity contribution < 1.29 is 0 Å². The van der Waals surface area contributed by atoms with Gasteiger partial charge in [-0.2, -0.15) is 5.26 Å². The molecule has 0 aliphatic carbocycles. The van der Waals surface area contributed by atoms with E-state index in [1.54, 1.807) is 0 Å². The molecule has 1 aromatic carbocycles. The summed E-state index contributed by atoms with van der Waals surface area (Å²) in [5.41, 5.74) is 3.52. The fourth-order valence-corrected chi connectivity index (χ4v) is 4.21. The molecule has 5 rings (SSSR count). The molecule has 0 amide bonds. The number of nitriles is 1. The highest BCUT2D eigenvalue weighted by Crippen LogP contribution is 2.33. The number of anilines is 1. The summed E-state index contributed by atoms with van der Waals surface area (Å²) in [5, 5.41) is 19.5. The number of aromatic nitrogens is 4. The van der Waals surface area contributed by atoms with Gasteiger partial charge in [-0.3, -0.25) is 4.40 Å². The van der Waals surface area contributed by atoms with E-state index < -0.39 is 0 Å². The van der Waals surface area contributed by atoms with Gasteiger partial charge in [-0.05, 0) is 43.5 Å². The number of piperidine rings is 1. The average Bonchev–Trinajstić information content (AvgIpc) is 3.18. The molecule has 0 bridgehead atoms.